The Bertz CT molecular complexity index is 756. The highest BCUT2D eigenvalue weighted by Gasteiger charge is 2.26. The Kier molecular flexibility index (Phi) is 6.42. The molecule has 130 valence electrons. The van der Waals surface area contributed by atoms with Crippen molar-refractivity contribution in [3.05, 3.63) is 53.4 Å². The van der Waals surface area contributed by atoms with E-state index in [2.05, 4.69) is 0 Å². The molecule has 0 bridgehead atoms. The van der Waals surface area contributed by atoms with E-state index in [1.165, 1.54) is 34.8 Å². The van der Waals surface area contributed by atoms with Crippen molar-refractivity contribution in [3.63, 3.8) is 0 Å². The summed E-state index contributed by atoms with van der Waals surface area (Å²) in [7, 11) is -3.80. The summed E-state index contributed by atoms with van der Waals surface area (Å²) in [5.74, 6) is 0.0321. The van der Waals surface area contributed by atoms with Crippen LogP contribution in [-0.4, -0.2) is 31.8 Å². The van der Waals surface area contributed by atoms with Crippen molar-refractivity contribution >= 4 is 27.6 Å². The van der Waals surface area contributed by atoms with Crippen LogP contribution in [0.1, 0.15) is 19.1 Å². The number of benzene rings is 1. The molecule has 0 radical (unpaired) electrons. The minimum Gasteiger partial charge on any atom is -0.468 e. The zero-order chi connectivity index (χ0) is 17.6. The van der Waals surface area contributed by atoms with Gasteiger partial charge in [0.1, 0.15) is 5.76 Å². The van der Waals surface area contributed by atoms with Crippen LogP contribution in [0.2, 0.25) is 5.02 Å². The quantitative estimate of drug-likeness (QED) is 0.666. The Labute approximate surface area is 146 Å². The van der Waals surface area contributed by atoms with Crippen LogP contribution in [0.4, 0.5) is 0 Å². The highest BCUT2D eigenvalue weighted by atomic mass is 35.5. The van der Waals surface area contributed by atoms with Crippen LogP contribution in [0.5, 0.6) is 0 Å². The maximum Gasteiger partial charge on any atom is 0.307 e. The van der Waals surface area contributed by atoms with Gasteiger partial charge in [-0.3, -0.25) is 4.79 Å². The van der Waals surface area contributed by atoms with Gasteiger partial charge in [0.05, 0.1) is 30.7 Å². The molecular weight excluding hydrogens is 354 g/mol. The van der Waals surface area contributed by atoms with Crippen molar-refractivity contribution in [1.82, 2.24) is 4.31 Å². The number of rotatable bonds is 8. The molecule has 2 rings (SSSR count). The predicted octanol–water partition coefficient (Wildman–Crippen LogP) is 3.08. The molecule has 0 spiro atoms. The number of hydrogen-bond acceptors (Lipinski definition) is 5. The smallest absolute Gasteiger partial charge is 0.307 e. The van der Waals surface area contributed by atoms with Crippen molar-refractivity contribution in [2.24, 2.45) is 0 Å². The Hall–Kier alpha value is -1.83. The van der Waals surface area contributed by atoms with Crippen LogP contribution in [0, 0.1) is 0 Å². The van der Waals surface area contributed by atoms with Crippen LogP contribution in [0.25, 0.3) is 0 Å². The zero-order valence-electron chi connectivity index (χ0n) is 13.1. The second-order valence-corrected chi connectivity index (χ2v) is 7.30. The summed E-state index contributed by atoms with van der Waals surface area (Å²) in [6.07, 6.45) is 1.43. The fourth-order valence-corrected chi connectivity index (χ4v) is 3.60. The standard InChI is InChI=1S/C16H18ClNO5S/c1-2-22-16(19)9-10-18(12-14-4-3-11-23-14)24(20,21)15-7-5-13(17)6-8-15/h3-8,11H,2,9-10,12H2,1H3. The number of ether oxygens (including phenoxy) is 1. The van der Waals surface area contributed by atoms with Gasteiger partial charge in [-0.05, 0) is 43.3 Å². The van der Waals surface area contributed by atoms with E-state index < -0.39 is 16.0 Å². The molecule has 0 N–H and O–H groups in total. The monoisotopic (exact) mass is 371 g/mol. The normalized spacial score (nSPS) is 11.6. The van der Waals surface area contributed by atoms with Crippen molar-refractivity contribution in [3.8, 4) is 0 Å². The molecule has 2 aromatic rings. The van der Waals surface area contributed by atoms with Crippen LogP contribution in [0.3, 0.4) is 0 Å². The van der Waals surface area contributed by atoms with Gasteiger partial charge in [-0.15, -0.1) is 0 Å². The van der Waals surface area contributed by atoms with E-state index >= 15 is 0 Å². The summed E-state index contributed by atoms with van der Waals surface area (Å²) < 4.78 is 36.9. The molecule has 24 heavy (non-hydrogen) atoms. The van der Waals surface area contributed by atoms with Crippen molar-refractivity contribution in [2.75, 3.05) is 13.2 Å². The summed E-state index contributed by atoms with van der Waals surface area (Å²) in [6, 6.07) is 9.21. The number of carbonyl (C=O) groups is 1. The highest BCUT2D eigenvalue weighted by Crippen LogP contribution is 2.21. The van der Waals surface area contributed by atoms with Gasteiger partial charge in [0.15, 0.2) is 0 Å². The summed E-state index contributed by atoms with van der Waals surface area (Å²) >= 11 is 5.81. The highest BCUT2D eigenvalue weighted by molar-refractivity contribution is 7.89. The molecule has 0 aliphatic rings. The van der Waals surface area contributed by atoms with E-state index in [1.807, 2.05) is 0 Å². The molecule has 0 aliphatic carbocycles. The average molecular weight is 372 g/mol. The molecule has 0 atom stereocenters. The van der Waals surface area contributed by atoms with Gasteiger partial charge in [-0.2, -0.15) is 4.31 Å². The molecule has 1 heterocycles. The van der Waals surface area contributed by atoms with Gasteiger partial charge in [-0.25, -0.2) is 8.42 Å². The number of esters is 1. The first kappa shape index (κ1) is 18.5. The molecule has 0 saturated heterocycles. The van der Waals surface area contributed by atoms with E-state index in [9.17, 15) is 13.2 Å². The van der Waals surface area contributed by atoms with Crippen LogP contribution in [-0.2, 0) is 26.1 Å². The van der Waals surface area contributed by atoms with Crippen molar-refractivity contribution < 1.29 is 22.4 Å². The Morgan fingerprint density at radius 1 is 1.25 bits per heavy atom. The van der Waals surface area contributed by atoms with E-state index in [1.54, 1.807) is 19.1 Å². The molecule has 0 fully saturated rings. The van der Waals surface area contributed by atoms with Gasteiger partial charge in [0.2, 0.25) is 10.0 Å². The maximum absolute atomic E-state index is 12.8. The Balaban J connectivity index is 2.22. The van der Waals surface area contributed by atoms with Crippen LogP contribution in [0.15, 0.2) is 52.0 Å². The first-order valence-electron chi connectivity index (χ1n) is 7.37. The summed E-state index contributed by atoms with van der Waals surface area (Å²) in [6.45, 7) is 1.96. The zero-order valence-corrected chi connectivity index (χ0v) is 14.7. The third-order valence-corrected chi connectivity index (χ3v) is 5.35. The first-order chi connectivity index (χ1) is 11.4. The topological polar surface area (TPSA) is 76.8 Å². The van der Waals surface area contributed by atoms with Crippen molar-refractivity contribution in [2.45, 2.75) is 24.8 Å². The van der Waals surface area contributed by atoms with E-state index in [0.29, 0.717) is 10.8 Å². The molecule has 0 unspecified atom stereocenters. The minimum atomic E-state index is -3.80. The SMILES string of the molecule is CCOC(=O)CCN(Cc1ccco1)S(=O)(=O)c1ccc(Cl)cc1. The Morgan fingerprint density at radius 2 is 1.96 bits per heavy atom. The summed E-state index contributed by atoms with van der Waals surface area (Å²) in [4.78, 5) is 11.7. The molecule has 0 amide bonds. The molecule has 0 saturated carbocycles. The van der Waals surface area contributed by atoms with Gasteiger partial charge in [-0.1, -0.05) is 11.6 Å². The third-order valence-electron chi connectivity index (χ3n) is 3.23. The average Bonchev–Trinajstić information content (AvgIpc) is 3.05. The summed E-state index contributed by atoms with van der Waals surface area (Å²) in [5.41, 5.74) is 0. The molecule has 6 nitrogen and oxygen atoms in total. The van der Waals surface area contributed by atoms with E-state index in [-0.39, 0.29) is 31.0 Å². The number of hydrogen-bond donors (Lipinski definition) is 0. The van der Waals surface area contributed by atoms with Crippen LogP contribution >= 0.6 is 11.6 Å². The van der Waals surface area contributed by atoms with E-state index in [4.69, 9.17) is 20.8 Å². The molecule has 8 heteroatoms. The van der Waals surface area contributed by atoms with E-state index in [0.717, 1.165) is 0 Å². The second-order valence-electron chi connectivity index (χ2n) is 4.93. The fourth-order valence-electron chi connectivity index (χ4n) is 2.07. The first-order valence-corrected chi connectivity index (χ1v) is 9.19. The number of furan rings is 1. The number of nitrogens with zero attached hydrogens (tertiary/aromatic N) is 1. The lowest BCUT2D eigenvalue weighted by atomic mass is 10.4. The Morgan fingerprint density at radius 3 is 2.54 bits per heavy atom. The third kappa shape index (κ3) is 4.83. The number of halogens is 1. The second kappa shape index (κ2) is 8.32. The predicted molar refractivity (Wildman–Crippen MR) is 89.0 cm³/mol. The summed E-state index contributed by atoms with van der Waals surface area (Å²) in [5, 5.41) is 0.443. The molecule has 1 aromatic heterocycles. The lowest BCUT2D eigenvalue weighted by Gasteiger charge is -2.21. The van der Waals surface area contributed by atoms with Gasteiger partial charge in [0, 0.05) is 11.6 Å². The lowest BCUT2D eigenvalue weighted by molar-refractivity contribution is -0.143. The largest absolute Gasteiger partial charge is 0.468 e. The van der Waals surface area contributed by atoms with Gasteiger partial charge < -0.3 is 9.15 Å². The van der Waals surface area contributed by atoms with Gasteiger partial charge in [0.25, 0.3) is 0 Å². The number of carbonyl (C=O) groups excluding carboxylic acids is 1. The molecule has 1 aromatic carbocycles. The maximum atomic E-state index is 12.8. The van der Waals surface area contributed by atoms with Crippen molar-refractivity contribution in [1.29, 1.82) is 0 Å². The lowest BCUT2D eigenvalue weighted by Crippen LogP contribution is -2.32. The molecular formula is C16H18ClNO5S. The fraction of sp³-hybridized carbons (Fsp3) is 0.312. The van der Waals surface area contributed by atoms with Gasteiger partial charge >= 0.3 is 5.97 Å². The van der Waals surface area contributed by atoms with Crippen LogP contribution < -0.4 is 0 Å². The number of sulfonamides is 1. The minimum absolute atomic E-state index is 0.00943. The molecule has 0 aliphatic heterocycles.